The molecule has 2 N–H and O–H groups in total. The molecule has 0 bridgehead atoms. The minimum absolute atomic E-state index is 0.466. The lowest BCUT2D eigenvalue weighted by Gasteiger charge is -2.16. The van der Waals surface area contributed by atoms with Gasteiger partial charge in [-0.25, -0.2) is 0 Å². The Labute approximate surface area is 206 Å². The molecule has 4 nitrogen and oxygen atoms in total. The summed E-state index contributed by atoms with van der Waals surface area (Å²) in [5.41, 5.74) is 5.44. The number of aryl methyl sites for hydroxylation is 1. The SMILES string of the molecule is Cc1ccc(NC2CC2C(C)NCCCOc2ccc(-c3ccncc3Cl)cc2)c(C)c1Cl. The van der Waals surface area contributed by atoms with Crippen molar-refractivity contribution >= 4 is 28.9 Å². The fraction of sp³-hybridized carbons (Fsp3) is 0.370. The van der Waals surface area contributed by atoms with E-state index >= 15 is 0 Å². The summed E-state index contributed by atoms with van der Waals surface area (Å²) in [4.78, 5) is 4.03. The van der Waals surface area contributed by atoms with Crippen LogP contribution < -0.4 is 15.4 Å². The van der Waals surface area contributed by atoms with Crippen molar-refractivity contribution in [1.82, 2.24) is 10.3 Å². The van der Waals surface area contributed by atoms with Gasteiger partial charge in [-0.1, -0.05) is 41.4 Å². The van der Waals surface area contributed by atoms with Gasteiger partial charge in [0.1, 0.15) is 5.75 Å². The van der Waals surface area contributed by atoms with Gasteiger partial charge in [0.05, 0.1) is 11.6 Å². The van der Waals surface area contributed by atoms with Gasteiger partial charge >= 0.3 is 0 Å². The van der Waals surface area contributed by atoms with Crippen LogP contribution in [0.3, 0.4) is 0 Å². The zero-order chi connectivity index (χ0) is 23.4. The lowest BCUT2D eigenvalue weighted by molar-refractivity contribution is 0.304. The monoisotopic (exact) mass is 483 g/mol. The first-order valence-corrected chi connectivity index (χ1v) is 12.3. The first kappa shape index (κ1) is 23.9. The fourth-order valence-corrected chi connectivity index (χ4v) is 4.59. The smallest absolute Gasteiger partial charge is 0.119 e. The Kier molecular flexibility index (Phi) is 7.79. The molecular weight excluding hydrogens is 453 g/mol. The van der Waals surface area contributed by atoms with Crippen molar-refractivity contribution in [2.24, 2.45) is 5.92 Å². The molecule has 3 atom stereocenters. The standard InChI is InChI=1S/C27H31Cl2N3O/c1-17-5-10-25(18(2)27(17)29)32-26-15-23(26)19(3)31-12-4-14-33-21-8-6-20(7-9-21)22-11-13-30-16-24(22)28/h5-11,13,16,19,23,26,31-32H,4,12,14-15H2,1-3H3. The predicted molar refractivity (Wildman–Crippen MR) is 139 cm³/mol. The van der Waals surface area contributed by atoms with E-state index in [0.29, 0.717) is 29.6 Å². The molecule has 174 valence electrons. The van der Waals surface area contributed by atoms with E-state index in [0.717, 1.165) is 51.7 Å². The Morgan fingerprint density at radius 3 is 2.64 bits per heavy atom. The molecule has 3 aromatic rings. The van der Waals surface area contributed by atoms with Gasteiger partial charge in [0.25, 0.3) is 0 Å². The summed E-state index contributed by atoms with van der Waals surface area (Å²) in [5.74, 6) is 1.51. The molecule has 1 heterocycles. The topological polar surface area (TPSA) is 46.2 Å². The molecule has 0 saturated heterocycles. The van der Waals surface area contributed by atoms with Gasteiger partial charge in [-0.05, 0) is 87.0 Å². The number of rotatable bonds is 10. The van der Waals surface area contributed by atoms with Crippen molar-refractivity contribution in [3.05, 3.63) is 76.0 Å². The van der Waals surface area contributed by atoms with Crippen LogP contribution in [0.4, 0.5) is 5.69 Å². The third kappa shape index (κ3) is 6.00. The Balaban J connectivity index is 1.15. The molecule has 2 aromatic carbocycles. The number of nitrogens with zero attached hydrogens (tertiary/aromatic N) is 1. The molecule has 0 aliphatic heterocycles. The minimum Gasteiger partial charge on any atom is -0.494 e. The number of aromatic nitrogens is 1. The van der Waals surface area contributed by atoms with E-state index < -0.39 is 0 Å². The molecule has 33 heavy (non-hydrogen) atoms. The summed E-state index contributed by atoms with van der Waals surface area (Å²) in [5, 5.41) is 8.83. The lowest BCUT2D eigenvalue weighted by atomic mass is 10.1. The molecular formula is C27H31Cl2N3O. The maximum Gasteiger partial charge on any atom is 0.119 e. The highest BCUT2D eigenvalue weighted by Gasteiger charge is 2.41. The summed E-state index contributed by atoms with van der Waals surface area (Å²) >= 11 is 12.6. The van der Waals surface area contributed by atoms with Gasteiger partial charge in [-0.3, -0.25) is 4.98 Å². The second-order valence-electron chi connectivity index (χ2n) is 8.84. The van der Waals surface area contributed by atoms with Gasteiger partial charge < -0.3 is 15.4 Å². The Morgan fingerprint density at radius 1 is 1.09 bits per heavy atom. The number of benzene rings is 2. The molecule has 0 radical (unpaired) electrons. The van der Waals surface area contributed by atoms with Crippen molar-refractivity contribution < 1.29 is 4.74 Å². The molecule has 0 amide bonds. The Morgan fingerprint density at radius 2 is 1.88 bits per heavy atom. The number of nitrogens with one attached hydrogen (secondary N) is 2. The van der Waals surface area contributed by atoms with Gasteiger partial charge in [0, 0.05) is 40.8 Å². The van der Waals surface area contributed by atoms with E-state index in [1.165, 1.54) is 6.42 Å². The molecule has 6 heteroatoms. The van der Waals surface area contributed by atoms with E-state index in [2.05, 4.69) is 41.6 Å². The van der Waals surface area contributed by atoms with E-state index in [1.807, 2.05) is 37.3 Å². The molecule has 0 spiro atoms. The van der Waals surface area contributed by atoms with Crippen molar-refractivity contribution in [1.29, 1.82) is 0 Å². The van der Waals surface area contributed by atoms with Crippen LogP contribution in [0.15, 0.2) is 54.9 Å². The second kappa shape index (κ2) is 10.8. The van der Waals surface area contributed by atoms with Crippen molar-refractivity contribution in [2.45, 2.75) is 45.7 Å². The molecule has 1 saturated carbocycles. The van der Waals surface area contributed by atoms with Crippen LogP contribution in [-0.4, -0.2) is 30.2 Å². The normalized spacial score (nSPS) is 18.1. The van der Waals surface area contributed by atoms with Crippen LogP contribution in [-0.2, 0) is 0 Å². The van der Waals surface area contributed by atoms with Crippen molar-refractivity contribution in [3.8, 4) is 16.9 Å². The van der Waals surface area contributed by atoms with Crippen LogP contribution in [0.25, 0.3) is 11.1 Å². The van der Waals surface area contributed by atoms with Gasteiger partial charge in [-0.2, -0.15) is 0 Å². The van der Waals surface area contributed by atoms with Crippen molar-refractivity contribution in [2.75, 3.05) is 18.5 Å². The predicted octanol–water partition coefficient (Wildman–Crippen LogP) is 6.92. The molecule has 1 fully saturated rings. The summed E-state index contributed by atoms with van der Waals surface area (Å²) in [7, 11) is 0. The molecule has 3 unspecified atom stereocenters. The van der Waals surface area contributed by atoms with E-state index in [-0.39, 0.29) is 0 Å². The van der Waals surface area contributed by atoms with Crippen LogP contribution in [0, 0.1) is 19.8 Å². The number of hydrogen-bond donors (Lipinski definition) is 2. The Hall–Kier alpha value is -2.27. The highest BCUT2D eigenvalue weighted by Crippen LogP contribution is 2.38. The Bertz CT molecular complexity index is 1090. The van der Waals surface area contributed by atoms with E-state index in [1.54, 1.807) is 12.4 Å². The molecule has 1 aliphatic rings. The largest absolute Gasteiger partial charge is 0.494 e. The van der Waals surface area contributed by atoms with Crippen LogP contribution in [0.1, 0.15) is 30.9 Å². The number of halogens is 2. The van der Waals surface area contributed by atoms with Crippen molar-refractivity contribution in [3.63, 3.8) is 0 Å². The highest BCUT2D eigenvalue weighted by atomic mass is 35.5. The maximum atomic E-state index is 6.40. The quantitative estimate of drug-likeness (QED) is 0.307. The minimum atomic E-state index is 0.466. The fourth-order valence-electron chi connectivity index (χ4n) is 4.19. The van der Waals surface area contributed by atoms with E-state index in [4.69, 9.17) is 27.9 Å². The zero-order valence-corrected chi connectivity index (χ0v) is 20.9. The van der Waals surface area contributed by atoms with Crippen LogP contribution >= 0.6 is 23.2 Å². The van der Waals surface area contributed by atoms with E-state index in [9.17, 15) is 0 Å². The number of pyridine rings is 1. The van der Waals surface area contributed by atoms with Gasteiger partial charge in [0.15, 0.2) is 0 Å². The number of ether oxygens (including phenoxy) is 1. The third-order valence-corrected chi connectivity index (χ3v) is 7.28. The third-order valence-electron chi connectivity index (χ3n) is 6.40. The molecule has 1 aliphatic carbocycles. The van der Waals surface area contributed by atoms with Crippen LogP contribution in [0.2, 0.25) is 10.0 Å². The highest BCUT2D eigenvalue weighted by molar-refractivity contribution is 6.33. The molecule has 1 aromatic heterocycles. The summed E-state index contributed by atoms with van der Waals surface area (Å²) < 4.78 is 5.91. The van der Waals surface area contributed by atoms with Gasteiger partial charge in [-0.15, -0.1) is 0 Å². The first-order valence-electron chi connectivity index (χ1n) is 11.5. The summed E-state index contributed by atoms with van der Waals surface area (Å²) in [6.07, 6.45) is 5.55. The van der Waals surface area contributed by atoms with Crippen LogP contribution in [0.5, 0.6) is 5.75 Å². The maximum absolute atomic E-state index is 6.40. The lowest BCUT2D eigenvalue weighted by Crippen LogP contribution is -2.31. The number of anilines is 1. The summed E-state index contributed by atoms with van der Waals surface area (Å²) in [6, 6.07) is 15.1. The van der Waals surface area contributed by atoms with Gasteiger partial charge in [0.2, 0.25) is 0 Å². The number of hydrogen-bond acceptors (Lipinski definition) is 4. The average molecular weight is 484 g/mol. The first-order chi connectivity index (χ1) is 15.9. The summed E-state index contributed by atoms with van der Waals surface area (Å²) in [6.45, 7) is 8.01. The average Bonchev–Trinajstić information content (AvgIpc) is 3.59. The molecule has 4 rings (SSSR count). The second-order valence-corrected chi connectivity index (χ2v) is 9.63. The zero-order valence-electron chi connectivity index (χ0n) is 19.4.